The van der Waals surface area contributed by atoms with Crippen molar-refractivity contribution in [2.24, 2.45) is 11.3 Å². The van der Waals surface area contributed by atoms with Gasteiger partial charge < -0.3 is 10.6 Å². The van der Waals surface area contributed by atoms with Crippen molar-refractivity contribution in [2.45, 2.75) is 34.1 Å². The number of benzene rings is 1. The van der Waals surface area contributed by atoms with Gasteiger partial charge in [0.05, 0.1) is 0 Å². The standard InChI is InChI=1S/C16H24N2O/c1-11(16(2,3)4)10-18-15(19)13-5-6-14-12(9-13)7-8-17-14/h5-6,9,11,17H,7-8,10H2,1-4H3,(H,18,19). The Morgan fingerprint density at radius 2 is 2.16 bits per heavy atom. The van der Waals surface area contributed by atoms with E-state index in [0.29, 0.717) is 5.92 Å². The van der Waals surface area contributed by atoms with Crippen molar-refractivity contribution < 1.29 is 4.79 Å². The lowest BCUT2D eigenvalue weighted by atomic mass is 9.82. The van der Waals surface area contributed by atoms with E-state index in [1.54, 1.807) is 0 Å². The fourth-order valence-electron chi connectivity index (χ4n) is 2.10. The second-order valence-corrected chi connectivity index (χ2v) is 6.53. The Labute approximate surface area is 115 Å². The second kappa shape index (κ2) is 5.24. The summed E-state index contributed by atoms with van der Waals surface area (Å²) in [6.45, 7) is 10.5. The molecule has 0 aliphatic carbocycles. The maximum Gasteiger partial charge on any atom is 0.251 e. The molecule has 1 heterocycles. The van der Waals surface area contributed by atoms with Crippen LogP contribution in [-0.4, -0.2) is 19.0 Å². The third kappa shape index (κ3) is 3.28. The number of carbonyl (C=O) groups is 1. The molecule has 0 fully saturated rings. The molecule has 1 aromatic rings. The van der Waals surface area contributed by atoms with Crippen molar-refractivity contribution in [3.05, 3.63) is 29.3 Å². The van der Waals surface area contributed by atoms with Gasteiger partial charge in [-0.15, -0.1) is 0 Å². The molecule has 3 nitrogen and oxygen atoms in total. The van der Waals surface area contributed by atoms with Gasteiger partial charge >= 0.3 is 0 Å². The molecule has 2 rings (SSSR count). The zero-order valence-electron chi connectivity index (χ0n) is 12.3. The molecule has 0 aromatic heterocycles. The van der Waals surface area contributed by atoms with Crippen LogP contribution in [-0.2, 0) is 6.42 Å². The average Bonchev–Trinajstić information content (AvgIpc) is 2.81. The van der Waals surface area contributed by atoms with E-state index in [4.69, 9.17) is 0 Å². The van der Waals surface area contributed by atoms with Gasteiger partial charge in [-0.25, -0.2) is 0 Å². The highest BCUT2D eigenvalue weighted by Crippen LogP contribution is 2.25. The minimum absolute atomic E-state index is 0.0331. The Morgan fingerprint density at radius 1 is 1.42 bits per heavy atom. The van der Waals surface area contributed by atoms with Crippen LogP contribution in [0, 0.1) is 11.3 Å². The Bertz CT molecular complexity index is 474. The normalized spacial score (nSPS) is 15.6. The van der Waals surface area contributed by atoms with E-state index in [0.717, 1.165) is 25.1 Å². The lowest BCUT2D eigenvalue weighted by molar-refractivity contribution is 0.0937. The number of rotatable bonds is 3. The lowest BCUT2D eigenvalue weighted by Crippen LogP contribution is -2.33. The summed E-state index contributed by atoms with van der Waals surface area (Å²) in [7, 11) is 0. The monoisotopic (exact) mass is 260 g/mol. The third-order valence-electron chi connectivity index (χ3n) is 4.12. The minimum atomic E-state index is 0.0331. The van der Waals surface area contributed by atoms with Crippen LogP contribution in [0.2, 0.25) is 0 Å². The molecule has 1 atom stereocenters. The number of anilines is 1. The summed E-state index contributed by atoms with van der Waals surface area (Å²) in [5.41, 5.74) is 3.40. The van der Waals surface area contributed by atoms with Crippen molar-refractivity contribution in [3.63, 3.8) is 0 Å². The van der Waals surface area contributed by atoms with Crippen LogP contribution >= 0.6 is 0 Å². The van der Waals surface area contributed by atoms with Gasteiger partial charge in [-0.1, -0.05) is 27.7 Å². The van der Waals surface area contributed by atoms with Crippen molar-refractivity contribution in [2.75, 3.05) is 18.4 Å². The molecule has 1 aliphatic rings. The Balaban J connectivity index is 1.97. The Morgan fingerprint density at radius 3 is 2.84 bits per heavy atom. The van der Waals surface area contributed by atoms with Crippen LogP contribution in [0.25, 0.3) is 0 Å². The second-order valence-electron chi connectivity index (χ2n) is 6.53. The van der Waals surface area contributed by atoms with Crippen LogP contribution in [0.4, 0.5) is 5.69 Å². The summed E-state index contributed by atoms with van der Waals surface area (Å²) in [5.74, 6) is 0.485. The van der Waals surface area contributed by atoms with Gasteiger partial charge in [0.15, 0.2) is 0 Å². The number of nitrogens with one attached hydrogen (secondary N) is 2. The predicted molar refractivity (Wildman–Crippen MR) is 79.6 cm³/mol. The average molecular weight is 260 g/mol. The number of carbonyl (C=O) groups excluding carboxylic acids is 1. The maximum absolute atomic E-state index is 12.1. The van der Waals surface area contributed by atoms with Crippen molar-refractivity contribution in [1.82, 2.24) is 5.32 Å². The van der Waals surface area contributed by atoms with Crippen LogP contribution in [0.1, 0.15) is 43.6 Å². The fourth-order valence-corrected chi connectivity index (χ4v) is 2.10. The number of fused-ring (bicyclic) bond motifs is 1. The van der Waals surface area contributed by atoms with Gasteiger partial charge in [0.2, 0.25) is 0 Å². The van der Waals surface area contributed by atoms with Crippen molar-refractivity contribution >= 4 is 11.6 Å². The van der Waals surface area contributed by atoms with E-state index in [1.165, 1.54) is 11.3 Å². The molecule has 104 valence electrons. The smallest absolute Gasteiger partial charge is 0.251 e. The van der Waals surface area contributed by atoms with Gasteiger partial charge in [0.25, 0.3) is 5.91 Å². The molecular weight excluding hydrogens is 236 g/mol. The van der Waals surface area contributed by atoms with E-state index in [2.05, 4.69) is 38.3 Å². The Hall–Kier alpha value is -1.51. The highest BCUT2D eigenvalue weighted by atomic mass is 16.1. The third-order valence-corrected chi connectivity index (χ3v) is 4.12. The molecule has 1 aromatic carbocycles. The maximum atomic E-state index is 12.1. The first-order valence-corrected chi connectivity index (χ1v) is 7.03. The summed E-state index contributed by atoms with van der Waals surface area (Å²) >= 11 is 0. The minimum Gasteiger partial charge on any atom is -0.384 e. The molecule has 0 spiro atoms. The highest BCUT2D eigenvalue weighted by Gasteiger charge is 2.21. The van der Waals surface area contributed by atoms with Crippen LogP contribution in [0.5, 0.6) is 0 Å². The van der Waals surface area contributed by atoms with Gasteiger partial charge in [-0.05, 0) is 41.5 Å². The molecule has 1 amide bonds. The summed E-state index contributed by atoms with van der Waals surface area (Å²) in [6.07, 6.45) is 1.01. The predicted octanol–water partition coefficient (Wildman–Crippen LogP) is 3.07. The highest BCUT2D eigenvalue weighted by molar-refractivity contribution is 5.95. The molecule has 0 radical (unpaired) electrons. The Kier molecular flexibility index (Phi) is 3.83. The van der Waals surface area contributed by atoms with Crippen molar-refractivity contribution in [3.8, 4) is 0 Å². The fraction of sp³-hybridized carbons (Fsp3) is 0.562. The van der Waals surface area contributed by atoms with Gasteiger partial charge in [-0.2, -0.15) is 0 Å². The van der Waals surface area contributed by atoms with E-state index in [1.807, 2.05) is 18.2 Å². The largest absolute Gasteiger partial charge is 0.384 e. The number of hydrogen-bond acceptors (Lipinski definition) is 2. The van der Waals surface area contributed by atoms with E-state index >= 15 is 0 Å². The SMILES string of the molecule is CC(CNC(=O)c1ccc2c(c1)CCN2)C(C)(C)C. The summed E-state index contributed by atoms with van der Waals surface area (Å²) in [5, 5.41) is 6.34. The molecule has 2 N–H and O–H groups in total. The molecule has 3 heteroatoms. The van der Waals surface area contributed by atoms with Crippen molar-refractivity contribution in [1.29, 1.82) is 0 Å². The molecular formula is C16H24N2O. The molecule has 0 bridgehead atoms. The number of amides is 1. The first-order chi connectivity index (χ1) is 8.88. The van der Waals surface area contributed by atoms with Crippen LogP contribution in [0.3, 0.4) is 0 Å². The molecule has 19 heavy (non-hydrogen) atoms. The van der Waals surface area contributed by atoms with Crippen LogP contribution < -0.4 is 10.6 Å². The van der Waals surface area contributed by atoms with Gasteiger partial charge in [0.1, 0.15) is 0 Å². The quantitative estimate of drug-likeness (QED) is 0.877. The van der Waals surface area contributed by atoms with E-state index < -0.39 is 0 Å². The first-order valence-electron chi connectivity index (χ1n) is 7.03. The van der Waals surface area contributed by atoms with Gasteiger partial charge in [-0.3, -0.25) is 4.79 Å². The summed E-state index contributed by atoms with van der Waals surface area (Å²) in [4.78, 5) is 12.1. The zero-order valence-corrected chi connectivity index (χ0v) is 12.3. The zero-order chi connectivity index (χ0) is 14.0. The molecule has 1 unspecified atom stereocenters. The number of hydrogen-bond donors (Lipinski definition) is 2. The summed E-state index contributed by atoms with van der Waals surface area (Å²) < 4.78 is 0. The van der Waals surface area contributed by atoms with E-state index in [-0.39, 0.29) is 11.3 Å². The molecule has 1 aliphatic heterocycles. The topological polar surface area (TPSA) is 41.1 Å². The molecule has 0 saturated carbocycles. The van der Waals surface area contributed by atoms with Crippen LogP contribution in [0.15, 0.2) is 18.2 Å². The lowest BCUT2D eigenvalue weighted by Gasteiger charge is -2.27. The van der Waals surface area contributed by atoms with E-state index in [9.17, 15) is 4.79 Å². The molecule has 0 saturated heterocycles. The summed E-state index contributed by atoms with van der Waals surface area (Å²) in [6, 6.07) is 5.91. The first kappa shape index (κ1) is 13.9. The van der Waals surface area contributed by atoms with Gasteiger partial charge in [0, 0.05) is 24.3 Å².